The third kappa shape index (κ3) is 2.96. The van der Waals surface area contributed by atoms with E-state index in [1.165, 1.54) is 29.5 Å². The van der Waals surface area contributed by atoms with Crippen molar-refractivity contribution in [2.75, 3.05) is 7.05 Å². The van der Waals surface area contributed by atoms with Gasteiger partial charge in [0.25, 0.3) is 0 Å². The highest BCUT2D eigenvalue weighted by Gasteiger charge is 2.11. The van der Waals surface area contributed by atoms with Crippen LogP contribution in [0, 0.1) is 0 Å². The predicted octanol–water partition coefficient (Wildman–Crippen LogP) is 4.01. The minimum Gasteiger partial charge on any atom is -0.309 e. The monoisotopic (exact) mass is 245 g/mol. The van der Waals surface area contributed by atoms with Gasteiger partial charge in [0, 0.05) is 0 Å². The van der Waals surface area contributed by atoms with E-state index in [4.69, 9.17) is 0 Å². The highest BCUT2D eigenvalue weighted by molar-refractivity contribution is 7.08. The summed E-state index contributed by atoms with van der Waals surface area (Å²) < 4.78 is 0. The Labute approximate surface area is 108 Å². The topological polar surface area (TPSA) is 12.0 Å². The summed E-state index contributed by atoms with van der Waals surface area (Å²) in [7, 11) is 2.02. The van der Waals surface area contributed by atoms with Crippen LogP contribution in [0.2, 0.25) is 0 Å². The Balaban J connectivity index is 2.20. The fraction of sp³-hybridized carbons (Fsp3) is 0.333. The van der Waals surface area contributed by atoms with Crippen LogP contribution in [0.25, 0.3) is 0 Å². The fourth-order valence-corrected chi connectivity index (χ4v) is 2.82. The van der Waals surface area contributed by atoms with E-state index >= 15 is 0 Å². The summed E-state index contributed by atoms with van der Waals surface area (Å²) in [6, 6.07) is 11.5. The van der Waals surface area contributed by atoms with Crippen molar-refractivity contribution < 1.29 is 0 Å². The molecule has 0 aliphatic carbocycles. The number of rotatable bonds is 5. The number of benzene rings is 1. The van der Waals surface area contributed by atoms with Gasteiger partial charge in [-0.3, -0.25) is 0 Å². The third-order valence-corrected chi connectivity index (χ3v) is 3.72. The Kier molecular flexibility index (Phi) is 4.35. The summed E-state index contributed by atoms with van der Waals surface area (Å²) in [4.78, 5) is 0. The molecule has 0 radical (unpaired) electrons. The molecule has 0 saturated carbocycles. The van der Waals surface area contributed by atoms with Crippen molar-refractivity contribution in [3.05, 3.63) is 57.8 Å². The van der Waals surface area contributed by atoms with Crippen LogP contribution in [0.1, 0.15) is 36.1 Å². The van der Waals surface area contributed by atoms with Crippen LogP contribution in [0.4, 0.5) is 0 Å². The van der Waals surface area contributed by atoms with Gasteiger partial charge in [0.2, 0.25) is 0 Å². The van der Waals surface area contributed by atoms with E-state index in [2.05, 4.69) is 53.3 Å². The largest absolute Gasteiger partial charge is 0.309 e. The normalized spacial score (nSPS) is 12.6. The molecule has 0 spiro atoms. The van der Waals surface area contributed by atoms with E-state index in [-0.39, 0.29) is 0 Å². The van der Waals surface area contributed by atoms with Crippen molar-refractivity contribution in [1.82, 2.24) is 5.32 Å². The molecular formula is C15H19NS. The number of thiophene rings is 1. The predicted molar refractivity (Wildman–Crippen MR) is 75.7 cm³/mol. The fourth-order valence-electron chi connectivity index (χ4n) is 2.13. The number of hydrogen-bond acceptors (Lipinski definition) is 2. The van der Waals surface area contributed by atoms with Gasteiger partial charge in [0.1, 0.15) is 0 Å². The van der Waals surface area contributed by atoms with Crippen LogP contribution in [0.5, 0.6) is 0 Å². The van der Waals surface area contributed by atoms with Crippen LogP contribution in [0.15, 0.2) is 41.1 Å². The Morgan fingerprint density at radius 3 is 2.41 bits per heavy atom. The molecule has 90 valence electrons. The summed E-state index contributed by atoms with van der Waals surface area (Å²) in [6.07, 6.45) is 2.38. The molecule has 0 fully saturated rings. The van der Waals surface area contributed by atoms with E-state index in [0.29, 0.717) is 6.04 Å². The zero-order valence-electron chi connectivity index (χ0n) is 10.4. The molecule has 0 aliphatic heterocycles. The van der Waals surface area contributed by atoms with Crippen LogP contribution in [-0.2, 0) is 6.42 Å². The summed E-state index contributed by atoms with van der Waals surface area (Å²) in [5.74, 6) is 0. The van der Waals surface area contributed by atoms with Crippen molar-refractivity contribution in [3.8, 4) is 0 Å². The maximum atomic E-state index is 3.38. The Bertz CT molecular complexity index is 430. The first-order valence-corrected chi connectivity index (χ1v) is 7.07. The molecule has 0 saturated heterocycles. The lowest BCUT2D eigenvalue weighted by Gasteiger charge is -2.15. The van der Waals surface area contributed by atoms with E-state index in [1.807, 2.05) is 7.05 Å². The molecule has 1 atom stereocenters. The summed E-state index contributed by atoms with van der Waals surface area (Å²) in [5.41, 5.74) is 4.11. The zero-order valence-corrected chi connectivity index (χ0v) is 11.3. The second-order valence-electron chi connectivity index (χ2n) is 4.27. The van der Waals surface area contributed by atoms with Gasteiger partial charge >= 0.3 is 0 Å². The van der Waals surface area contributed by atoms with E-state index in [1.54, 1.807) is 11.3 Å². The van der Waals surface area contributed by atoms with Crippen LogP contribution in [-0.4, -0.2) is 7.05 Å². The smallest absolute Gasteiger partial charge is 0.0582 e. The van der Waals surface area contributed by atoms with E-state index in [9.17, 15) is 0 Å². The van der Waals surface area contributed by atoms with Crippen molar-refractivity contribution in [2.45, 2.75) is 25.8 Å². The lowest BCUT2D eigenvalue weighted by atomic mass is 9.99. The molecule has 1 aromatic carbocycles. The van der Waals surface area contributed by atoms with Gasteiger partial charge < -0.3 is 5.32 Å². The van der Waals surface area contributed by atoms with Crippen molar-refractivity contribution in [3.63, 3.8) is 0 Å². The molecule has 0 amide bonds. The van der Waals surface area contributed by atoms with Gasteiger partial charge in [-0.25, -0.2) is 0 Å². The Morgan fingerprint density at radius 1 is 1.12 bits per heavy atom. The van der Waals surface area contributed by atoms with Crippen molar-refractivity contribution in [2.24, 2.45) is 0 Å². The minimum atomic E-state index is 0.317. The highest BCUT2D eigenvalue weighted by Crippen LogP contribution is 2.24. The standard InChI is InChI=1S/C15H19NS/c1-3-4-12-5-7-13(8-6-12)15(16-2)14-9-10-17-11-14/h5-11,15-16H,3-4H2,1-2H3. The van der Waals surface area contributed by atoms with Crippen molar-refractivity contribution >= 4 is 11.3 Å². The Hall–Kier alpha value is -1.12. The number of hydrogen-bond donors (Lipinski definition) is 1. The van der Waals surface area contributed by atoms with Crippen LogP contribution >= 0.6 is 11.3 Å². The molecule has 2 aromatic rings. The average Bonchev–Trinajstić information content (AvgIpc) is 2.86. The quantitative estimate of drug-likeness (QED) is 0.839. The summed E-state index contributed by atoms with van der Waals surface area (Å²) >= 11 is 1.75. The first-order chi connectivity index (χ1) is 8.35. The van der Waals surface area contributed by atoms with Gasteiger partial charge in [-0.2, -0.15) is 11.3 Å². The summed E-state index contributed by atoms with van der Waals surface area (Å²) in [5, 5.41) is 7.72. The third-order valence-electron chi connectivity index (χ3n) is 3.02. The molecule has 1 unspecified atom stereocenters. The van der Waals surface area contributed by atoms with Gasteiger partial charge in [-0.15, -0.1) is 0 Å². The second kappa shape index (κ2) is 5.99. The first kappa shape index (κ1) is 12.3. The molecule has 2 heteroatoms. The first-order valence-electron chi connectivity index (χ1n) is 6.13. The Morgan fingerprint density at radius 2 is 1.88 bits per heavy atom. The SMILES string of the molecule is CCCc1ccc(C(NC)c2ccsc2)cc1. The van der Waals surface area contributed by atoms with Gasteiger partial charge in [0.15, 0.2) is 0 Å². The molecule has 17 heavy (non-hydrogen) atoms. The van der Waals surface area contributed by atoms with Gasteiger partial charge in [0.05, 0.1) is 6.04 Å². The molecule has 1 heterocycles. The van der Waals surface area contributed by atoms with Crippen LogP contribution in [0.3, 0.4) is 0 Å². The molecule has 0 bridgehead atoms. The molecule has 1 aromatic heterocycles. The summed E-state index contributed by atoms with van der Waals surface area (Å²) in [6.45, 7) is 2.22. The minimum absolute atomic E-state index is 0.317. The highest BCUT2D eigenvalue weighted by atomic mass is 32.1. The zero-order chi connectivity index (χ0) is 12.1. The average molecular weight is 245 g/mol. The molecular weight excluding hydrogens is 226 g/mol. The van der Waals surface area contributed by atoms with Crippen LogP contribution < -0.4 is 5.32 Å². The van der Waals surface area contributed by atoms with E-state index in [0.717, 1.165) is 0 Å². The van der Waals surface area contributed by atoms with Gasteiger partial charge in [-0.1, -0.05) is 37.6 Å². The number of aryl methyl sites for hydroxylation is 1. The van der Waals surface area contributed by atoms with Crippen molar-refractivity contribution in [1.29, 1.82) is 0 Å². The van der Waals surface area contributed by atoms with E-state index < -0.39 is 0 Å². The maximum absolute atomic E-state index is 3.38. The number of nitrogens with one attached hydrogen (secondary N) is 1. The molecule has 1 N–H and O–H groups in total. The molecule has 2 rings (SSSR count). The molecule has 0 aliphatic rings. The maximum Gasteiger partial charge on any atom is 0.0582 e. The lowest BCUT2D eigenvalue weighted by molar-refractivity contribution is 0.694. The second-order valence-corrected chi connectivity index (χ2v) is 5.05. The van der Waals surface area contributed by atoms with Gasteiger partial charge in [-0.05, 0) is 47.0 Å². The lowest BCUT2D eigenvalue weighted by Crippen LogP contribution is -2.16. The molecule has 1 nitrogen and oxygen atoms in total.